The number of likely N-dealkylation sites (tertiary alicyclic amines) is 2. The van der Waals surface area contributed by atoms with Gasteiger partial charge in [0.25, 0.3) is 0 Å². The predicted octanol–water partition coefficient (Wildman–Crippen LogP) is 4.12. The van der Waals surface area contributed by atoms with Crippen molar-refractivity contribution in [2.45, 2.75) is 30.9 Å². The van der Waals surface area contributed by atoms with Gasteiger partial charge in [-0.3, -0.25) is 4.79 Å². The molecule has 2 aromatic rings. The maximum absolute atomic E-state index is 13.6. The first kappa shape index (κ1) is 21.6. The summed E-state index contributed by atoms with van der Waals surface area (Å²) in [5, 5.41) is 12.0. The van der Waals surface area contributed by atoms with Crippen molar-refractivity contribution in [3.63, 3.8) is 0 Å². The first-order valence-corrected chi connectivity index (χ1v) is 10.9. The molecule has 160 valence electrons. The van der Waals surface area contributed by atoms with Gasteiger partial charge in [-0.15, -0.1) is 0 Å². The standard InChI is InChI=1S/C23H25Cl2FN2O2/c1-27-8-6-23(7-9-27,16-2-4-19(26)5-3-16)21-20(29)14-28(22(21)30)13-15-10-17(24)12-18(25)11-15/h2-5,10-12,20-21,29H,6-9,13-14H2,1H3. The van der Waals surface area contributed by atoms with Gasteiger partial charge in [0.2, 0.25) is 5.91 Å². The van der Waals surface area contributed by atoms with Gasteiger partial charge in [-0.25, -0.2) is 4.39 Å². The second-order valence-corrected chi connectivity index (χ2v) is 9.38. The highest BCUT2D eigenvalue weighted by molar-refractivity contribution is 6.34. The Balaban J connectivity index is 1.65. The van der Waals surface area contributed by atoms with E-state index >= 15 is 0 Å². The van der Waals surface area contributed by atoms with Crippen LogP contribution in [0.25, 0.3) is 0 Å². The van der Waals surface area contributed by atoms with E-state index in [2.05, 4.69) is 11.9 Å². The lowest BCUT2D eigenvalue weighted by Crippen LogP contribution is -2.50. The summed E-state index contributed by atoms with van der Waals surface area (Å²) in [6.45, 7) is 2.23. The third kappa shape index (κ3) is 4.09. The Morgan fingerprint density at radius 1 is 1.10 bits per heavy atom. The molecule has 2 aliphatic rings. The SMILES string of the molecule is CN1CCC(c2ccc(F)cc2)(C2C(=O)N(Cc3cc(Cl)cc(Cl)c3)CC2O)CC1. The van der Waals surface area contributed by atoms with Gasteiger partial charge in [0.05, 0.1) is 12.0 Å². The fourth-order valence-corrected chi connectivity index (χ4v) is 5.60. The minimum Gasteiger partial charge on any atom is -0.390 e. The average molecular weight is 451 g/mol. The van der Waals surface area contributed by atoms with Crippen LogP contribution in [-0.4, -0.2) is 53.6 Å². The number of hydrogen-bond donors (Lipinski definition) is 1. The summed E-state index contributed by atoms with van der Waals surface area (Å²) in [6, 6.07) is 11.6. The molecule has 0 bridgehead atoms. The molecule has 0 spiro atoms. The summed E-state index contributed by atoms with van der Waals surface area (Å²) in [5.74, 6) is -0.946. The molecule has 4 rings (SSSR count). The van der Waals surface area contributed by atoms with E-state index in [9.17, 15) is 14.3 Å². The average Bonchev–Trinajstić information content (AvgIpc) is 2.96. The van der Waals surface area contributed by atoms with Crippen LogP contribution in [0.2, 0.25) is 10.0 Å². The van der Waals surface area contributed by atoms with Crippen LogP contribution in [0.15, 0.2) is 42.5 Å². The van der Waals surface area contributed by atoms with E-state index in [1.165, 1.54) is 12.1 Å². The first-order valence-electron chi connectivity index (χ1n) is 10.1. The van der Waals surface area contributed by atoms with Crippen molar-refractivity contribution in [2.24, 2.45) is 5.92 Å². The molecule has 1 amide bonds. The Labute approximate surface area is 186 Å². The quantitative estimate of drug-likeness (QED) is 0.761. The fourth-order valence-electron chi connectivity index (χ4n) is 5.03. The highest BCUT2D eigenvalue weighted by atomic mass is 35.5. The van der Waals surface area contributed by atoms with Crippen molar-refractivity contribution in [1.82, 2.24) is 9.80 Å². The smallest absolute Gasteiger partial charge is 0.229 e. The maximum Gasteiger partial charge on any atom is 0.229 e. The Kier molecular flexibility index (Phi) is 6.08. The molecule has 7 heteroatoms. The number of benzene rings is 2. The summed E-state index contributed by atoms with van der Waals surface area (Å²) in [7, 11) is 2.05. The van der Waals surface area contributed by atoms with Gasteiger partial charge in [0, 0.05) is 28.5 Å². The second kappa shape index (κ2) is 8.46. The molecule has 2 aliphatic heterocycles. The van der Waals surface area contributed by atoms with Gasteiger partial charge < -0.3 is 14.9 Å². The molecule has 2 heterocycles. The summed E-state index contributed by atoms with van der Waals surface area (Å²) < 4.78 is 13.6. The van der Waals surface area contributed by atoms with E-state index in [1.54, 1.807) is 35.2 Å². The van der Waals surface area contributed by atoms with Gasteiger partial charge in [-0.1, -0.05) is 35.3 Å². The zero-order chi connectivity index (χ0) is 21.5. The molecule has 4 nitrogen and oxygen atoms in total. The van der Waals surface area contributed by atoms with Crippen molar-refractivity contribution < 1.29 is 14.3 Å². The highest BCUT2D eigenvalue weighted by Crippen LogP contribution is 2.46. The van der Waals surface area contributed by atoms with Gasteiger partial charge in [-0.2, -0.15) is 0 Å². The van der Waals surface area contributed by atoms with Crippen molar-refractivity contribution >= 4 is 29.1 Å². The van der Waals surface area contributed by atoms with Crippen molar-refractivity contribution in [3.05, 3.63) is 69.5 Å². The predicted molar refractivity (Wildman–Crippen MR) is 116 cm³/mol. The van der Waals surface area contributed by atoms with E-state index in [4.69, 9.17) is 23.2 Å². The maximum atomic E-state index is 13.6. The van der Waals surface area contributed by atoms with Gasteiger partial charge in [0.1, 0.15) is 5.82 Å². The number of aliphatic hydroxyl groups is 1. The Morgan fingerprint density at radius 3 is 2.30 bits per heavy atom. The van der Waals surface area contributed by atoms with Crippen LogP contribution < -0.4 is 0 Å². The molecule has 2 unspecified atom stereocenters. The summed E-state index contributed by atoms with van der Waals surface area (Å²) >= 11 is 12.2. The van der Waals surface area contributed by atoms with Gasteiger partial charge in [0.15, 0.2) is 0 Å². The van der Waals surface area contributed by atoms with Crippen LogP contribution >= 0.6 is 23.2 Å². The monoisotopic (exact) mass is 450 g/mol. The highest BCUT2D eigenvalue weighted by Gasteiger charge is 2.54. The normalized spacial score (nSPS) is 24.4. The lowest BCUT2D eigenvalue weighted by atomic mass is 9.63. The fraction of sp³-hybridized carbons (Fsp3) is 0.435. The third-order valence-corrected chi connectivity index (χ3v) is 7.00. The number of amides is 1. The third-order valence-electron chi connectivity index (χ3n) is 6.56. The molecule has 0 aromatic heterocycles. The number of rotatable bonds is 4. The molecule has 2 atom stereocenters. The number of aliphatic hydroxyl groups excluding tert-OH is 1. The molecule has 1 N–H and O–H groups in total. The largest absolute Gasteiger partial charge is 0.390 e. The molecule has 2 aromatic carbocycles. The topological polar surface area (TPSA) is 43.8 Å². The van der Waals surface area contributed by atoms with Crippen molar-refractivity contribution in [3.8, 4) is 0 Å². The Bertz CT molecular complexity index is 909. The van der Waals surface area contributed by atoms with Crippen LogP contribution in [-0.2, 0) is 16.8 Å². The minimum atomic E-state index is -0.791. The molecule has 2 saturated heterocycles. The minimum absolute atomic E-state index is 0.0764. The Morgan fingerprint density at radius 2 is 1.70 bits per heavy atom. The zero-order valence-electron chi connectivity index (χ0n) is 16.8. The molecule has 0 radical (unpaired) electrons. The first-order chi connectivity index (χ1) is 14.3. The number of hydrogen-bond acceptors (Lipinski definition) is 3. The van der Waals surface area contributed by atoms with Crippen LogP contribution in [0, 0.1) is 11.7 Å². The van der Waals surface area contributed by atoms with Crippen molar-refractivity contribution in [1.29, 1.82) is 0 Å². The summed E-state index contributed by atoms with van der Waals surface area (Å²) in [5.41, 5.74) is 1.23. The lowest BCUT2D eigenvalue weighted by molar-refractivity contribution is -0.135. The molecule has 30 heavy (non-hydrogen) atoms. The molecule has 0 aliphatic carbocycles. The van der Waals surface area contributed by atoms with E-state index in [1.807, 2.05) is 0 Å². The number of halogens is 3. The number of piperidine rings is 1. The second-order valence-electron chi connectivity index (χ2n) is 8.51. The van der Waals surface area contributed by atoms with Crippen LogP contribution in [0.3, 0.4) is 0 Å². The number of β-amino-alcohol motifs (C(OH)–C–C–N with tert-alkyl or cyclic N) is 1. The lowest BCUT2D eigenvalue weighted by Gasteiger charge is -2.45. The molecular weight excluding hydrogens is 426 g/mol. The molecular formula is C23H25Cl2FN2O2. The van der Waals surface area contributed by atoms with E-state index in [0.29, 0.717) is 16.6 Å². The van der Waals surface area contributed by atoms with Crippen LogP contribution in [0.4, 0.5) is 4.39 Å². The van der Waals surface area contributed by atoms with Crippen LogP contribution in [0.5, 0.6) is 0 Å². The number of nitrogens with zero attached hydrogens (tertiary/aromatic N) is 2. The van der Waals surface area contributed by atoms with E-state index < -0.39 is 17.4 Å². The van der Waals surface area contributed by atoms with Gasteiger partial charge >= 0.3 is 0 Å². The molecule has 2 fully saturated rings. The van der Waals surface area contributed by atoms with E-state index in [0.717, 1.165) is 37.1 Å². The van der Waals surface area contributed by atoms with Crippen LogP contribution in [0.1, 0.15) is 24.0 Å². The summed E-state index contributed by atoms with van der Waals surface area (Å²) in [6.07, 6.45) is 0.680. The molecule has 0 saturated carbocycles. The summed E-state index contributed by atoms with van der Waals surface area (Å²) in [4.78, 5) is 17.4. The number of carbonyl (C=O) groups is 1. The van der Waals surface area contributed by atoms with Crippen molar-refractivity contribution in [2.75, 3.05) is 26.7 Å². The zero-order valence-corrected chi connectivity index (χ0v) is 18.3. The Hall–Kier alpha value is -1.66. The van der Waals surface area contributed by atoms with Gasteiger partial charge in [-0.05, 0) is 74.4 Å². The van der Waals surface area contributed by atoms with E-state index in [-0.39, 0.29) is 18.3 Å². The number of carbonyl (C=O) groups excluding carboxylic acids is 1.